The average molecular weight is 403 g/mol. The number of ether oxygens (including phenoxy) is 1. The minimum absolute atomic E-state index is 0.0728. The van der Waals surface area contributed by atoms with Crippen LogP contribution in [0, 0.1) is 11.3 Å². The second-order valence-electron chi connectivity index (χ2n) is 5.62. The Hall–Kier alpha value is -3.42. The first kappa shape index (κ1) is 20.9. The highest BCUT2D eigenvalue weighted by atomic mass is 32.2. The summed E-state index contributed by atoms with van der Waals surface area (Å²) in [5.41, 5.74) is 0.00591. The summed E-state index contributed by atoms with van der Waals surface area (Å²) in [5.74, 6) is -1.32. The molecule has 0 saturated heterocycles. The maximum atomic E-state index is 12.0. The molecule has 0 spiro atoms. The molecular formula is C18H17N3O6S. The Morgan fingerprint density at radius 1 is 1.25 bits per heavy atom. The number of esters is 1. The van der Waals surface area contributed by atoms with Crippen molar-refractivity contribution >= 4 is 33.7 Å². The molecule has 0 aliphatic carbocycles. The van der Waals surface area contributed by atoms with Crippen molar-refractivity contribution in [3.63, 3.8) is 0 Å². The molecule has 1 aromatic heterocycles. The van der Waals surface area contributed by atoms with Gasteiger partial charge in [0.2, 0.25) is 10.0 Å². The zero-order valence-corrected chi connectivity index (χ0v) is 15.9. The van der Waals surface area contributed by atoms with E-state index >= 15 is 0 Å². The number of nitriles is 1. The fourth-order valence-corrected chi connectivity index (χ4v) is 2.88. The first-order valence-electron chi connectivity index (χ1n) is 7.89. The summed E-state index contributed by atoms with van der Waals surface area (Å²) in [6, 6.07) is 10.3. The highest BCUT2D eigenvalue weighted by molar-refractivity contribution is 7.89. The zero-order chi connectivity index (χ0) is 20.7. The normalized spacial score (nSPS) is 11.7. The van der Waals surface area contributed by atoms with E-state index in [-0.39, 0.29) is 10.5 Å². The number of anilines is 1. The van der Waals surface area contributed by atoms with E-state index in [2.05, 4.69) is 5.32 Å². The molecule has 1 amide bonds. The zero-order valence-electron chi connectivity index (χ0n) is 15.1. The lowest BCUT2D eigenvalue weighted by molar-refractivity contribution is -0.142. The predicted molar refractivity (Wildman–Crippen MR) is 99.2 cm³/mol. The average Bonchev–Trinajstić information content (AvgIpc) is 3.17. The van der Waals surface area contributed by atoms with Crippen molar-refractivity contribution < 1.29 is 27.2 Å². The summed E-state index contributed by atoms with van der Waals surface area (Å²) in [6.07, 6.45) is 2.58. The van der Waals surface area contributed by atoms with Crippen LogP contribution in [-0.4, -0.2) is 45.3 Å². The number of sulfonamides is 1. The summed E-state index contributed by atoms with van der Waals surface area (Å²) in [6.45, 7) is -0.617. The van der Waals surface area contributed by atoms with E-state index in [9.17, 15) is 18.0 Å². The molecule has 0 aliphatic heterocycles. The molecule has 2 rings (SSSR count). The Morgan fingerprint density at radius 2 is 1.93 bits per heavy atom. The standard InChI is InChI=1S/C18H17N3O6S/c1-21(2)28(24,25)16-7-5-14(6-8-16)20-17(22)12-27-18(23)13(11-19)10-15-4-3-9-26-15/h3-10H,12H2,1-2H3,(H,20,22)/b13-10+. The lowest BCUT2D eigenvalue weighted by Gasteiger charge is -2.12. The van der Waals surface area contributed by atoms with Gasteiger partial charge in [-0.1, -0.05) is 0 Å². The molecule has 0 unspecified atom stereocenters. The van der Waals surface area contributed by atoms with Crippen LogP contribution >= 0.6 is 0 Å². The molecule has 1 N–H and O–H groups in total. The van der Waals surface area contributed by atoms with Gasteiger partial charge in [0.05, 0.1) is 11.2 Å². The monoisotopic (exact) mass is 403 g/mol. The quantitative estimate of drug-likeness (QED) is 0.422. The largest absolute Gasteiger partial charge is 0.465 e. The van der Waals surface area contributed by atoms with Crippen molar-refractivity contribution in [3.05, 3.63) is 54.0 Å². The molecule has 1 heterocycles. The van der Waals surface area contributed by atoms with Crippen molar-refractivity contribution in [2.75, 3.05) is 26.0 Å². The topological polar surface area (TPSA) is 130 Å². The van der Waals surface area contributed by atoms with Gasteiger partial charge in [-0.05, 0) is 36.4 Å². The Balaban J connectivity index is 1.94. The van der Waals surface area contributed by atoms with Gasteiger partial charge in [0, 0.05) is 25.9 Å². The van der Waals surface area contributed by atoms with Gasteiger partial charge in [-0.25, -0.2) is 17.5 Å². The summed E-state index contributed by atoms with van der Waals surface area (Å²) >= 11 is 0. The molecule has 0 fully saturated rings. The number of nitrogens with zero attached hydrogens (tertiary/aromatic N) is 2. The van der Waals surface area contributed by atoms with Crippen molar-refractivity contribution in [1.29, 1.82) is 5.26 Å². The fraction of sp³-hybridized carbons (Fsp3) is 0.167. The molecule has 0 bridgehead atoms. The van der Waals surface area contributed by atoms with Gasteiger partial charge < -0.3 is 14.5 Å². The number of nitrogens with one attached hydrogen (secondary N) is 1. The predicted octanol–water partition coefficient (Wildman–Crippen LogP) is 1.62. The van der Waals surface area contributed by atoms with Crippen LogP contribution in [-0.2, 0) is 24.3 Å². The van der Waals surface area contributed by atoms with Gasteiger partial charge in [-0.3, -0.25) is 4.79 Å². The number of hydrogen-bond acceptors (Lipinski definition) is 7. The molecule has 0 radical (unpaired) electrons. The summed E-state index contributed by atoms with van der Waals surface area (Å²) in [5, 5.41) is 11.5. The smallest absolute Gasteiger partial charge is 0.349 e. The van der Waals surface area contributed by atoms with Crippen molar-refractivity contribution in [2.45, 2.75) is 4.90 Å². The molecule has 0 aliphatic rings. The van der Waals surface area contributed by atoms with E-state index in [4.69, 9.17) is 14.4 Å². The number of amides is 1. The van der Waals surface area contributed by atoms with E-state index in [1.807, 2.05) is 0 Å². The van der Waals surface area contributed by atoms with E-state index in [1.54, 1.807) is 18.2 Å². The van der Waals surface area contributed by atoms with Crippen LogP contribution in [0.2, 0.25) is 0 Å². The van der Waals surface area contributed by atoms with Crippen molar-refractivity contribution in [2.24, 2.45) is 0 Å². The Morgan fingerprint density at radius 3 is 2.46 bits per heavy atom. The highest BCUT2D eigenvalue weighted by Gasteiger charge is 2.17. The third-order valence-electron chi connectivity index (χ3n) is 3.42. The molecule has 1 aromatic carbocycles. The third kappa shape index (κ3) is 5.29. The number of carbonyl (C=O) groups is 2. The van der Waals surface area contributed by atoms with Gasteiger partial charge in [0.15, 0.2) is 6.61 Å². The Kier molecular flexibility index (Phi) is 6.70. The van der Waals surface area contributed by atoms with Crippen LogP contribution in [0.5, 0.6) is 0 Å². The highest BCUT2D eigenvalue weighted by Crippen LogP contribution is 2.16. The van der Waals surface area contributed by atoms with Crippen LogP contribution in [0.3, 0.4) is 0 Å². The Bertz CT molecular complexity index is 1020. The SMILES string of the molecule is CN(C)S(=O)(=O)c1ccc(NC(=O)COC(=O)/C(C#N)=C/c2ccco2)cc1. The van der Waals surface area contributed by atoms with Crippen LogP contribution in [0.15, 0.2) is 57.5 Å². The van der Waals surface area contributed by atoms with E-state index in [0.29, 0.717) is 11.4 Å². The Labute approximate surface area is 161 Å². The lowest BCUT2D eigenvalue weighted by atomic mass is 10.2. The van der Waals surface area contributed by atoms with Crippen LogP contribution in [0.25, 0.3) is 6.08 Å². The van der Waals surface area contributed by atoms with Crippen molar-refractivity contribution in [1.82, 2.24) is 4.31 Å². The van der Waals surface area contributed by atoms with Gasteiger partial charge in [-0.15, -0.1) is 0 Å². The minimum atomic E-state index is -3.57. The first-order chi connectivity index (χ1) is 13.2. The van der Waals surface area contributed by atoms with Crippen LogP contribution in [0.1, 0.15) is 5.76 Å². The number of hydrogen-bond donors (Lipinski definition) is 1. The number of benzene rings is 1. The maximum absolute atomic E-state index is 12.0. The van der Waals surface area contributed by atoms with Gasteiger partial charge in [-0.2, -0.15) is 5.26 Å². The summed E-state index contributed by atoms with van der Waals surface area (Å²) < 4.78 is 34.9. The van der Waals surface area contributed by atoms with Crippen molar-refractivity contribution in [3.8, 4) is 6.07 Å². The molecule has 0 saturated carbocycles. The van der Waals surface area contributed by atoms with E-state index < -0.39 is 28.5 Å². The molecule has 2 aromatic rings. The van der Waals surface area contributed by atoms with Crippen LogP contribution < -0.4 is 5.32 Å². The van der Waals surface area contributed by atoms with Gasteiger partial charge >= 0.3 is 5.97 Å². The van der Waals surface area contributed by atoms with Gasteiger partial charge in [0.25, 0.3) is 5.91 Å². The molecule has 10 heteroatoms. The second kappa shape index (κ2) is 8.98. The third-order valence-corrected chi connectivity index (χ3v) is 5.25. The first-order valence-corrected chi connectivity index (χ1v) is 9.33. The number of carbonyl (C=O) groups excluding carboxylic acids is 2. The molecule has 28 heavy (non-hydrogen) atoms. The minimum Gasteiger partial charge on any atom is -0.465 e. The molecule has 9 nitrogen and oxygen atoms in total. The fourth-order valence-electron chi connectivity index (χ4n) is 1.98. The number of furan rings is 1. The summed E-state index contributed by atoms with van der Waals surface area (Å²) in [7, 11) is -0.747. The lowest BCUT2D eigenvalue weighted by Crippen LogP contribution is -2.23. The van der Waals surface area contributed by atoms with E-state index in [0.717, 1.165) is 4.31 Å². The summed E-state index contributed by atoms with van der Waals surface area (Å²) in [4.78, 5) is 23.8. The van der Waals surface area contributed by atoms with Crippen LogP contribution in [0.4, 0.5) is 5.69 Å². The molecule has 0 atom stereocenters. The molecule has 146 valence electrons. The van der Waals surface area contributed by atoms with Gasteiger partial charge in [0.1, 0.15) is 17.4 Å². The van der Waals surface area contributed by atoms with E-state index in [1.165, 1.54) is 50.7 Å². The maximum Gasteiger partial charge on any atom is 0.349 e. The number of rotatable bonds is 7. The second-order valence-corrected chi connectivity index (χ2v) is 7.77. The molecular weight excluding hydrogens is 386 g/mol.